The summed E-state index contributed by atoms with van der Waals surface area (Å²) in [5.74, 6) is 0.430. The summed E-state index contributed by atoms with van der Waals surface area (Å²) in [5.41, 5.74) is 1.82. The first kappa shape index (κ1) is 31.2. The summed E-state index contributed by atoms with van der Waals surface area (Å²) >= 11 is 0. The number of benzene rings is 2. The van der Waals surface area contributed by atoms with Gasteiger partial charge in [0.1, 0.15) is 29.1 Å². The second-order valence-electron chi connectivity index (χ2n) is 14.1. The summed E-state index contributed by atoms with van der Waals surface area (Å²) in [6, 6.07) is 13.3. The van der Waals surface area contributed by atoms with Crippen LogP contribution in [0.4, 0.5) is 5.69 Å². The highest BCUT2D eigenvalue weighted by molar-refractivity contribution is 5.92. The van der Waals surface area contributed by atoms with E-state index in [-0.39, 0.29) is 31.0 Å². The quantitative estimate of drug-likeness (QED) is 0.214. The lowest BCUT2D eigenvalue weighted by Gasteiger charge is -2.32. The van der Waals surface area contributed by atoms with E-state index in [1.54, 1.807) is 20.1 Å². The summed E-state index contributed by atoms with van der Waals surface area (Å²) in [4.78, 5) is 37.6. The highest BCUT2D eigenvalue weighted by atomic mass is 16.5. The van der Waals surface area contributed by atoms with E-state index in [1.807, 2.05) is 58.0 Å². The number of ether oxygens (including phenoxy) is 1. The number of anilines is 1. The molecule has 4 aromatic rings. The Balaban J connectivity index is 1.49. The van der Waals surface area contributed by atoms with Crippen molar-refractivity contribution in [2.45, 2.75) is 96.9 Å². The number of carbonyl (C=O) groups excluding carboxylic acids is 2. The second kappa shape index (κ2) is 11.1. The van der Waals surface area contributed by atoms with Crippen LogP contribution in [0.3, 0.4) is 0 Å². The van der Waals surface area contributed by atoms with E-state index in [9.17, 15) is 14.7 Å². The molecule has 3 N–H and O–H groups in total. The van der Waals surface area contributed by atoms with Gasteiger partial charge in [0.25, 0.3) is 0 Å². The van der Waals surface area contributed by atoms with Gasteiger partial charge in [-0.1, -0.05) is 71.9 Å². The van der Waals surface area contributed by atoms with Crippen molar-refractivity contribution in [2.24, 2.45) is 11.3 Å². The molecule has 0 saturated heterocycles. The van der Waals surface area contributed by atoms with Gasteiger partial charge in [-0.25, -0.2) is 9.97 Å². The van der Waals surface area contributed by atoms with E-state index in [1.165, 1.54) is 0 Å². The molecule has 4 bridgehead atoms. The summed E-state index contributed by atoms with van der Waals surface area (Å²) in [5, 5.41) is 17.9. The van der Waals surface area contributed by atoms with Crippen LogP contribution in [0.5, 0.6) is 5.75 Å². The van der Waals surface area contributed by atoms with Crippen molar-refractivity contribution in [2.75, 3.05) is 5.32 Å². The molecule has 47 heavy (non-hydrogen) atoms. The van der Waals surface area contributed by atoms with Crippen molar-refractivity contribution < 1.29 is 28.3 Å². The van der Waals surface area contributed by atoms with Gasteiger partial charge < -0.3 is 29.3 Å². The first-order valence-corrected chi connectivity index (χ1v) is 16.6. The Morgan fingerprint density at radius 3 is 2.51 bits per heavy atom. The Morgan fingerprint density at radius 1 is 1.04 bits per heavy atom. The molecule has 1 spiro atoms. The molecule has 2 aromatic carbocycles. The molecule has 5 heterocycles. The molecule has 0 saturated carbocycles. The van der Waals surface area contributed by atoms with E-state index < -0.39 is 34.6 Å². The maximum absolute atomic E-state index is 14.2. The fourth-order valence-electron chi connectivity index (χ4n) is 7.31. The van der Waals surface area contributed by atoms with E-state index in [0.29, 0.717) is 41.8 Å². The number of aromatic nitrogens is 2. The van der Waals surface area contributed by atoms with Crippen LogP contribution in [0.2, 0.25) is 0 Å². The van der Waals surface area contributed by atoms with Crippen LogP contribution < -0.4 is 15.4 Å². The predicted molar refractivity (Wildman–Crippen MR) is 175 cm³/mol. The topological polar surface area (TPSA) is 140 Å². The van der Waals surface area contributed by atoms with Gasteiger partial charge in [0.2, 0.25) is 17.7 Å². The number of aryl methyl sites for hydroxylation is 1. The largest absolute Gasteiger partial charge is 0.469 e. The summed E-state index contributed by atoms with van der Waals surface area (Å²) < 4.78 is 19.6. The predicted octanol–water partition coefficient (Wildman–Crippen LogP) is 6.26. The molecule has 0 radical (unpaired) electrons. The third-order valence-corrected chi connectivity index (χ3v) is 10.2. The van der Waals surface area contributed by atoms with Gasteiger partial charge in [0.15, 0.2) is 23.5 Å². The molecule has 7 rings (SSSR count). The van der Waals surface area contributed by atoms with E-state index in [4.69, 9.17) is 23.5 Å². The molecule has 10 nitrogen and oxygen atoms in total. The van der Waals surface area contributed by atoms with Crippen LogP contribution in [0, 0.1) is 11.3 Å². The monoisotopic (exact) mass is 638 g/mol. The van der Waals surface area contributed by atoms with Gasteiger partial charge in [-0.05, 0) is 54.4 Å². The zero-order chi connectivity index (χ0) is 33.3. The van der Waals surface area contributed by atoms with Crippen LogP contribution in [-0.4, -0.2) is 38.6 Å². The highest BCUT2D eigenvalue weighted by Gasteiger charge is 2.61. The van der Waals surface area contributed by atoms with Gasteiger partial charge in [0, 0.05) is 23.6 Å². The third-order valence-electron chi connectivity index (χ3n) is 10.2. The van der Waals surface area contributed by atoms with Gasteiger partial charge in [0.05, 0.1) is 5.69 Å². The number of carbonyl (C=O) groups is 2. The fraction of sp³-hybridized carbons (Fsp3) is 0.459. The standard InChI is InChI=1S/C37H42N4O6/c1-7-22-19-45-32(38-22)28-30-37-23-12-10-11-13-25(23)39-34(37)46-26-15-14-20(17-24(26)37)16-21(18-27(42)36(44,8-2)9-3)31(43)41-29(35(4,5)6)33(40-28)47-30/h10-15,17,19,21,29,34,39,44H,7-9,16,18H2,1-6H3,(H,41,43)/t21-,29-,34?,37+/m1/s1. The number of nitrogens with one attached hydrogen (secondary N) is 2. The van der Waals surface area contributed by atoms with Crippen LogP contribution >= 0.6 is 0 Å². The SMILES string of the molecule is CCc1coc(-c2nc3oc2[C@@]24c5ccccc5NC2Oc2ccc(cc24)C[C@H](CC(=O)C(O)(CC)CC)C(=O)N[C@H]3C(C)(C)C)n1. The summed E-state index contributed by atoms with van der Waals surface area (Å²) in [6.45, 7) is 11.6. The number of fused-ring (bicyclic) bond motifs is 4. The molecular formula is C37H42N4O6. The number of amides is 1. The van der Waals surface area contributed by atoms with E-state index >= 15 is 0 Å². The van der Waals surface area contributed by atoms with Crippen molar-refractivity contribution in [1.29, 1.82) is 0 Å². The number of oxazole rings is 2. The van der Waals surface area contributed by atoms with Gasteiger partial charge in [-0.3, -0.25) is 9.59 Å². The summed E-state index contributed by atoms with van der Waals surface area (Å²) in [7, 11) is 0. The van der Waals surface area contributed by atoms with Crippen molar-refractivity contribution in [3.63, 3.8) is 0 Å². The smallest absolute Gasteiger partial charge is 0.249 e. The van der Waals surface area contributed by atoms with Crippen LogP contribution in [0.15, 0.2) is 57.6 Å². The maximum atomic E-state index is 14.2. The molecule has 0 fully saturated rings. The normalized spacial score (nSPS) is 23.1. The Morgan fingerprint density at radius 2 is 1.81 bits per heavy atom. The van der Waals surface area contributed by atoms with Crippen LogP contribution in [0.1, 0.15) is 101 Å². The second-order valence-corrected chi connectivity index (χ2v) is 14.1. The summed E-state index contributed by atoms with van der Waals surface area (Å²) in [6.07, 6.45) is 2.49. The maximum Gasteiger partial charge on any atom is 0.249 e. The molecule has 246 valence electrons. The average Bonchev–Trinajstić information content (AvgIpc) is 3.82. The van der Waals surface area contributed by atoms with E-state index in [2.05, 4.69) is 22.8 Å². The molecule has 4 atom stereocenters. The molecule has 3 aliphatic heterocycles. The number of aliphatic hydroxyl groups is 1. The minimum atomic E-state index is -1.49. The number of nitrogens with zero attached hydrogens (tertiary/aromatic N) is 2. The lowest BCUT2D eigenvalue weighted by Crippen LogP contribution is -2.44. The minimum absolute atomic E-state index is 0.106. The number of hydrogen-bond donors (Lipinski definition) is 3. The van der Waals surface area contributed by atoms with Gasteiger partial charge in [-0.15, -0.1) is 0 Å². The Bertz CT molecular complexity index is 1860. The third kappa shape index (κ3) is 4.79. The molecule has 10 heteroatoms. The molecule has 1 amide bonds. The van der Waals surface area contributed by atoms with Crippen molar-refractivity contribution in [3.8, 4) is 17.3 Å². The first-order valence-electron chi connectivity index (χ1n) is 16.6. The lowest BCUT2D eigenvalue weighted by atomic mass is 9.72. The van der Waals surface area contributed by atoms with Gasteiger partial charge in [-0.2, -0.15) is 0 Å². The number of hydrogen-bond acceptors (Lipinski definition) is 9. The number of ketones is 1. The molecule has 0 aliphatic carbocycles. The molecule has 2 aromatic heterocycles. The number of Topliss-reactive ketones (excluding diaryl/α,β-unsaturated/α-hetero) is 1. The van der Waals surface area contributed by atoms with E-state index in [0.717, 1.165) is 28.1 Å². The molecular weight excluding hydrogens is 596 g/mol. The fourth-order valence-corrected chi connectivity index (χ4v) is 7.31. The average molecular weight is 639 g/mol. The van der Waals surface area contributed by atoms with Gasteiger partial charge >= 0.3 is 0 Å². The number of para-hydroxylation sites is 1. The Hall–Kier alpha value is -4.44. The Kier molecular flexibility index (Phi) is 7.35. The zero-order valence-corrected chi connectivity index (χ0v) is 27.8. The zero-order valence-electron chi connectivity index (χ0n) is 27.8. The molecule has 1 unspecified atom stereocenters. The van der Waals surface area contributed by atoms with Crippen LogP contribution in [0.25, 0.3) is 11.6 Å². The Labute approximate surface area is 274 Å². The number of rotatable bonds is 7. The van der Waals surface area contributed by atoms with Crippen LogP contribution in [-0.2, 0) is 27.8 Å². The lowest BCUT2D eigenvalue weighted by molar-refractivity contribution is -0.142. The molecule has 3 aliphatic rings. The van der Waals surface area contributed by atoms with Crippen molar-refractivity contribution in [1.82, 2.24) is 15.3 Å². The minimum Gasteiger partial charge on any atom is -0.469 e. The highest BCUT2D eigenvalue weighted by Crippen LogP contribution is 2.59. The van der Waals surface area contributed by atoms with Crippen molar-refractivity contribution in [3.05, 3.63) is 82.8 Å². The van der Waals surface area contributed by atoms with Crippen molar-refractivity contribution >= 4 is 17.4 Å². The first-order chi connectivity index (χ1) is 22.4.